The van der Waals surface area contributed by atoms with Gasteiger partial charge in [-0.15, -0.1) is 12.4 Å². The van der Waals surface area contributed by atoms with E-state index in [0.29, 0.717) is 29.7 Å². The molecule has 0 unspecified atom stereocenters. The molecule has 2 aromatic rings. The summed E-state index contributed by atoms with van der Waals surface area (Å²) in [5, 5.41) is 4.01. The minimum absolute atomic E-state index is 0. The molecule has 0 amide bonds. The molecule has 25 heavy (non-hydrogen) atoms. The molecule has 0 heterocycles. The Morgan fingerprint density at radius 2 is 1.76 bits per heavy atom. The molecule has 3 nitrogen and oxygen atoms in total. The van der Waals surface area contributed by atoms with E-state index in [1.807, 2.05) is 49.4 Å². The van der Waals surface area contributed by atoms with Gasteiger partial charge < -0.3 is 14.8 Å². The fourth-order valence-corrected chi connectivity index (χ4v) is 2.68. The van der Waals surface area contributed by atoms with E-state index in [9.17, 15) is 0 Å². The lowest BCUT2D eigenvalue weighted by atomic mass is 10.2. The zero-order chi connectivity index (χ0) is 17.2. The van der Waals surface area contributed by atoms with Crippen molar-refractivity contribution < 1.29 is 9.47 Å². The lowest BCUT2D eigenvalue weighted by Gasteiger charge is -2.15. The Balaban J connectivity index is 0.00000312. The number of ether oxygens (including phenoxy) is 2. The molecule has 2 rings (SSSR count). The van der Waals surface area contributed by atoms with Crippen LogP contribution >= 0.6 is 24.0 Å². The normalized spacial score (nSPS) is 10.2. The van der Waals surface area contributed by atoms with E-state index in [0.717, 1.165) is 24.2 Å². The number of benzene rings is 2. The quantitative estimate of drug-likeness (QED) is 0.539. The maximum atomic E-state index is 6.44. The summed E-state index contributed by atoms with van der Waals surface area (Å²) >= 11 is 6.44. The molecule has 0 saturated heterocycles. The van der Waals surface area contributed by atoms with Gasteiger partial charge in [-0.05, 0) is 43.1 Å². The predicted octanol–water partition coefficient (Wildman–Crippen LogP) is 5.63. The van der Waals surface area contributed by atoms with Crippen molar-refractivity contribution in [2.45, 2.75) is 39.8 Å². The maximum Gasteiger partial charge on any atom is 0.180 e. The van der Waals surface area contributed by atoms with Gasteiger partial charge in [-0.1, -0.05) is 55.3 Å². The summed E-state index contributed by atoms with van der Waals surface area (Å²) in [5.41, 5.74) is 2.20. The van der Waals surface area contributed by atoms with Crippen LogP contribution in [0.4, 0.5) is 0 Å². The molecule has 0 aliphatic rings. The Labute approximate surface area is 162 Å². The van der Waals surface area contributed by atoms with Crippen LogP contribution in [0.25, 0.3) is 0 Å². The first-order valence-electron chi connectivity index (χ1n) is 8.57. The number of halogens is 2. The zero-order valence-corrected chi connectivity index (χ0v) is 16.5. The van der Waals surface area contributed by atoms with Crippen LogP contribution in [0.1, 0.15) is 37.8 Å². The van der Waals surface area contributed by atoms with Crippen LogP contribution in [-0.4, -0.2) is 13.2 Å². The van der Waals surface area contributed by atoms with E-state index >= 15 is 0 Å². The molecule has 0 saturated carbocycles. The highest BCUT2D eigenvalue weighted by molar-refractivity contribution is 6.32. The molecule has 0 fully saturated rings. The molecule has 1 N–H and O–H groups in total. The summed E-state index contributed by atoms with van der Waals surface area (Å²) < 4.78 is 11.7. The number of rotatable bonds is 10. The minimum Gasteiger partial charge on any atom is -0.490 e. The van der Waals surface area contributed by atoms with Gasteiger partial charge in [0.1, 0.15) is 6.61 Å². The van der Waals surface area contributed by atoms with Gasteiger partial charge >= 0.3 is 0 Å². The first-order chi connectivity index (χ1) is 11.7. The molecule has 5 heteroatoms. The zero-order valence-electron chi connectivity index (χ0n) is 14.9. The smallest absolute Gasteiger partial charge is 0.180 e. The van der Waals surface area contributed by atoms with Crippen LogP contribution in [0.2, 0.25) is 5.02 Å². The standard InChI is InChI=1S/C20H26ClNO2.ClH/c1-3-5-11-22-14-17-12-18(21)20(19(13-17)23-4-2)24-15-16-9-7-6-8-10-16;/h6-10,12-13,22H,3-5,11,14-15H2,1-2H3;1H. The fourth-order valence-electron chi connectivity index (χ4n) is 2.39. The molecule has 0 atom stereocenters. The predicted molar refractivity (Wildman–Crippen MR) is 107 cm³/mol. The average molecular weight is 384 g/mol. The van der Waals surface area contributed by atoms with Gasteiger partial charge in [0.2, 0.25) is 0 Å². The van der Waals surface area contributed by atoms with Gasteiger partial charge in [0.05, 0.1) is 11.6 Å². The van der Waals surface area contributed by atoms with E-state index in [1.54, 1.807) is 0 Å². The van der Waals surface area contributed by atoms with Crippen molar-refractivity contribution in [2.75, 3.05) is 13.2 Å². The van der Waals surface area contributed by atoms with Crippen LogP contribution in [0.5, 0.6) is 11.5 Å². The summed E-state index contributed by atoms with van der Waals surface area (Å²) in [4.78, 5) is 0. The number of hydrogen-bond acceptors (Lipinski definition) is 3. The fraction of sp³-hybridized carbons (Fsp3) is 0.400. The lowest BCUT2D eigenvalue weighted by molar-refractivity contribution is 0.269. The molecular formula is C20H27Cl2NO2. The average Bonchev–Trinajstić information content (AvgIpc) is 2.59. The van der Waals surface area contributed by atoms with Crippen molar-refractivity contribution in [3.63, 3.8) is 0 Å². The van der Waals surface area contributed by atoms with Gasteiger partial charge in [-0.3, -0.25) is 0 Å². The molecule has 0 aliphatic carbocycles. The molecule has 0 radical (unpaired) electrons. The Bertz CT molecular complexity index is 621. The number of nitrogens with one attached hydrogen (secondary N) is 1. The molecule has 0 bridgehead atoms. The Kier molecular flexibility index (Phi) is 10.4. The molecular weight excluding hydrogens is 357 g/mol. The van der Waals surface area contributed by atoms with E-state index < -0.39 is 0 Å². The topological polar surface area (TPSA) is 30.5 Å². The lowest BCUT2D eigenvalue weighted by Crippen LogP contribution is -2.14. The Morgan fingerprint density at radius 1 is 1.00 bits per heavy atom. The van der Waals surface area contributed by atoms with Crippen molar-refractivity contribution in [1.29, 1.82) is 0 Å². The number of hydrogen-bond donors (Lipinski definition) is 1. The third-order valence-corrected chi connectivity index (χ3v) is 3.91. The van der Waals surface area contributed by atoms with Crippen molar-refractivity contribution >= 4 is 24.0 Å². The highest BCUT2D eigenvalue weighted by Gasteiger charge is 2.13. The van der Waals surface area contributed by atoms with Crippen molar-refractivity contribution in [1.82, 2.24) is 5.32 Å². The first-order valence-corrected chi connectivity index (χ1v) is 8.95. The second-order valence-corrected chi connectivity index (χ2v) is 6.05. The van der Waals surface area contributed by atoms with Crippen LogP contribution in [0, 0.1) is 0 Å². The van der Waals surface area contributed by atoms with Gasteiger partial charge in [0.15, 0.2) is 11.5 Å². The highest BCUT2D eigenvalue weighted by Crippen LogP contribution is 2.37. The highest BCUT2D eigenvalue weighted by atomic mass is 35.5. The summed E-state index contributed by atoms with van der Waals surface area (Å²) in [7, 11) is 0. The van der Waals surface area contributed by atoms with Crippen molar-refractivity contribution in [2.24, 2.45) is 0 Å². The van der Waals surface area contributed by atoms with Gasteiger partial charge in [0.25, 0.3) is 0 Å². The largest absolute Gasteiger partial charge is 0.490 e. The second kappa shape index (κ2) is 12.0. The second-order valence-electron chi connectivity index (χ2n) is 5.64. The molecule has 138 valence electrons. The van der Waals surface area contributed by atoms with Crippen molar-refractivity contribution in [3.8, 4) is 11.5 Å². The van der Waals surface area contributed by atoms with Crippen LogP contribution in [0.3, 0.4) is 0 Å². The third-order valence-electron chi connectivity index (χ3n) is 3.63. The van der Waals surface area contributed by atoms with E-state index in [1.165, 1.54) is 12.8 Å². The molecule has 2 aromatic carbocycles. The summed E-state index contributed by atoms with van der Waals surface area (Å²) in [6, 6.07) is 14.0. The SMILES string of the molecule is CCCCNCc1cc(Cl)c(OCc2ccccc2)c(OCC)c1.Cl. The van der Waals surface area contributed by atoms with Crippen LogP contribution in [-0.2, 0) is 13.2 Å². The molecule has 0 aliphatic heterocycles. The minimum atomic E-state index is 0. The monoisotopic (exact) mass is 383 g/mol. The summed E-state index contributed by atoms with van der Waals surface area (Å²) in [6.07, 6.45) is 2.36. The molecule has 0 aromatic heterocycles. The van der Waals surface area contributed by atoms with E-state index in [2.05, 4.69) is 12.2 Å². The Morgan fingerprint density at radius 3 is 2.44 bits per heavy atom. The van der Waals surface area contributed by atoms with Gasteiger partial charge in [-0.2, -0.15) is 0 Å². The Hall–Kier alpha value is -1.42. The van der Waals surface area contributed by atoms with Gasteiger partial charge in [0, 0.05) is 6.54 Å². The summed E-state index contributed by atoms with van der Waals surface area (Å²) in [5.74, 6) is 1.31. The first kappa shape index (κ1) is 21.6. The van der Waals surface area contributed by atoms with E-state index in [-0.39, 0.29) is 12.4 Å². The van der Waals surface area contributed by atoms with Gasteiger partial charge in [-0.25, -0.2) is 0 Å². The third kappa shape index (κ3) is 7.15. The van der Waals surface area contributed by atoms with Crippen LogP contribution in [0.15, 0.2) is 42.5 Å². The maximum absolute atomic E-state index is 6.44. The summed E-state index contributed by atoms with van der Waals surface area (Å²) in [6.45, 7) is 6.97. The number of unbranched alkanes of at least 4 members (excludes halogenated alkanes) is 1. The van der Waals surface area contributed by atoms with E-state index in [4.69, 9.17) is 21.1 Å². The van der Waals surface area contributed by atoms with Crippen molar-refractivity contribution in [3.05, 3.63) is 58.6 Å². The van der Waals surface area contributed by atoms with Crippen LogP contribution < -0.4 is 14.8 Å². The molecule has 0 spiro atoms.